The van der Waals surface area contributed by atoms with Gasteiger partial charge in [0.25, 0.3) is 0 Å². The van der Waals surface area contributed by atoms with Crippen LogP contribution in [0, 0.1) is 18.8 Å². The van der Waals surface area contributed by atoms with Crippen LogP contribution < -0.4 is 3.79 Å². The van der Waals surface area contributed by atoms with Crippen molar-refractivity contribution in [2.45, 2.75) is 45.2 Å². The Morgan fingerprint density at radius 3 is 2.00 bits per heavy atom. The van der Waals surface area contributed by atoms with Gasteiger partial charge in [-0.15, -0.1) is 0 Å². The lowest BCUT2D eigenvalue weighted by molar-refractivity contribution is 0.523. The Balaban J connectivity index is 2.68. The highest BCUT2D eigenvalue weighted by atomic mass is 27.2. The van der Waals surface area contributed by atoms with Crippen LogP contribution in [0.4, 0.5) is 0 Å². The molecule has 0 bridgehead atoms. The highest BCUT2D eigenvalue weighted by Crippen LogP contribution is 2.22. The molecule has 0 aromatic heterocycles. The first-order chi connectivity index (χ1) is 7.99. The predicted molar refractivity (Wildman–Crippen MR) is 76.9 cm³/mol. The lowest BCUT2D eigenvalue weighted by atomic mass is 10.2. The summed E-state index contributed by atoms with van der Waals surface area (Å²) in [5.41, 5.74) is 1.26. The molecule has 0 aliphatic heterocycles. The second kappa shape index (κ2) is 7.09. The van der Waals surface area contributed by atoms with Crippen molar-refractivity contribution in [2.24, 2.45) is 11.8 Å². The van der Waals surface area contributed by atoms with Crippen LogP contribution in [0.2, 0.25) is 10.6 Å². The molecule has 0 spiro atoms. The Morgan fingerprint density at radius 1 is 1.00 bits per heavy atom. The normalized spacial score (nSPS) is 11.0. The summed E-state index contributed by atoms with van der Waals surface area (Å²) in [5.74, 6) is 2.59. The number of para-hydroxylation sites is 1. The van der Waals surface area contributed by atoms with Crippen LogP contribution in [0.5, 0.6) is 5.75 Å². The molecule has 0 N–H and O–H groups in total. The molecule has 2 heteroatoms. The van der Waals surface area contributed by atoms with Gasteiger partial charge in [-0.2, -0.15) is 0 Å². The Kier molecular flexibility index (Phi) is 6.09. The standard InChI is InChI=1S/C7H8O.2C4H9.Al/c1-6-4-2-3-5-7(6)8;2*1-4(2)3;/h2-5,8H,1H3;2*4H,1H2,2-3H3;/q;;;+1/p-1. The molecule has 0 heterocycles. The quantitative estimate of drug-likeness (QED) is 0.664. The molecule has 0 unspecified atom stereocenters. The van der Waals surface area contributed by atoms with Gasteiger partial charge in [-0.05, 0) is 18.6 Å². The van der Waals surface area contributed by atoms with Crippen molar-refractivity contribution in [1.29, 1.82) is 0 Å². The van der Waals surface area contributed by atoms with E-state index in [9.17, 15) is 0 Å². The Morgan fingerprint density at radius 2 is 1.53 bits per heavy atom. The zero-order valence-corrected chi connectivity index (χ0v) is 13.0. The van der Waals surface area contributed by atoms with Crippen LogP contribution in [-0.4, -0.2) is 14.5 Å². The number of hydrogen-bond donors (Lipinski definition) is 0. The van der Waals surface area contributed by atoms with E-state index in [1.54, 1.807) is 0 Å². The van der Waals surface area contributed by atoms with Crippen molar-refractivity contribution in [3.05, 3.63) is 29.8 Å². The minimum absolute atomic E-state index is 0.745. The van der Waals surface area contributed by atoms with E-state index in [-0.39, 0.29) is 0 Å². The van der Waals surface area contributed by atoms with Crippen LogP contribution in [0.3, 0.4) is 0 Å². The van der Waals surface area contributed by atoms with Gasteiger partial charge in [-0.25, -0.2) is 0 Å². The topological polar surface area (TPSA) is 9.23 Å². The molecule has 1 aromatic rings. The highest BCUT2D eigenvalue weighted by molar-refractivity contribution is 6.52. The van der Waals surface area contributed by atoms with Crippen molar-refractivity contribution >= 4 is 14.5 Å². The molecule has 1 aromatic carbocycles. The maximum absolute atomic E-state index is 6.31. The fourth-order valence-electron chi connectivity index (χ4n) is 2.11. The van der Waals surface area contributed by atoms with Crippen molar-refractivity contribution < 1.29 is 3.79 Å². The van der Waals surface area contributed by atoms with Gasteiger partial charge in [0, 0.05) is 0 Å². The molecule has 0 radical (unpaired) electrons. The molecule has 17 heavy (non-hydrogen) atoms. The zero-order chi connectivity index (χ0) is 12.8. The fraction of sp³-hybridized carbons (Fsp3) is 0.600. The molecule has 1 nitrogen and oxygen atoms in total. The lowest BCUT2D eigenvalue weighted by Crippen LogP contribution is -2.25. The zero-order valence-electron chi connectivity index (χ0n) is 11.9. The molecule has 0 aliphatic carbocycles. The van der Waals surface area contributed by atoms with E-state index in [2.05, 4.69) is 58.9 Å². The van der Waals surface area contributed by atoms with E-state index in [0.29, 0.717) is 0 Å². The SMILES string of the molecule is Cc1ccccc1[O][Al]([CH2]C(C)C)[CH2]C(C)C. The molecule has 0 atom stereocenters. The van der Waals surface area contributed by atoms with Gasteiger partial charge in [0.1, 0.15) is 0 Å². The third-order valence-corrected chi connectivity index (χ3v) is 6.38. The molecule has 0 saturated heterocycles. The third-order valence-electron chi connectivity index (χ3n) is 2.86. The summed E-state index contributed by atoms with van der Waals surface area (Å²) in [6.07, 6.45) is 0. The molecule has 0 fully saturated rings. The third kappa shape index (κ3) is 5.62. The van der Waals surface area contributed by atoms with E-state index < -0.39 is 14.5 Å². The average Bonchev–Trinajstić information content (AvgIpc) is 2.19. The van der Waals surface area contributed by atoms with E-state index in [1.807, 2.05) is 0 Å². The van der Waals surface area contributed by atoms with E-state index in [4.69, 9.17) is 3.79 Å². The second-order valence-electron chi connectivity index (χ2n) is 5.76. The maximum atomic E-state index is 6.31. The Hall–Kier alpha value is -0.448. The summed E-state index contributed by atoms with van der Waals surface area (Å²) in [5, 5.41) is 2.54. The highest BCUT2D eigenvalue weighted by Gasteiger charge is 2.26. The minimum atomic E-state index is -1.10. The summed E-state index contributed by atoms with van der Waals surface area (Å²) >= 11 is -1.10. The largest absolute Gasteiger partial charge is 0.642 e. The molecule has 0 amide bonds. The summed E-state index contributed by atoms with van der Waals surface area (Å²) in [4.78, 5) is 0. The second-order valence-corrected chi connectivity index (χ2v) is 8.19. The number of hydrogen-bond acceptors (Lipinski definition) is 1. The first-order valence-corrected chi connectivity index (χ1v) is 8.81. The van der Waals surface area contributed by atoms with Crippen LogP contribution in [0.1, 0.15) is 33.3 Å². The van der Waals surface area contributed by atoms with Gasteiger partial charge in [0.15, 0.2) is 0 Å². The van der Waals surface area contributed by atoms with Gasteiger partial charge in [-0.1, -0.05) is 68.3 Å². The summed E-state index contributed by atoms with van der Waals surface area (Å²) < 4.78 is 6.31. The summed E-state index contributed by atoms with van der Waals surface area (Å²) in [6, 6.07) is 8.38. The molecular formula is C15H25AlO. The molecule has 0 saturated carbocycles. The Labute approximate surface area is 111 Å². The van der Waals surface area contributed by atoms with E-state index in [1.165, 1.54) is 16.1 Å². The van der Waals surface area contributed by atoms with Gasteiger partial charge in [0.2, 0.25) is 0 Å². The predicted octanol–water partition coefficient (Wildman–Crippen LogP) is 4.68. The lowest BCUT2D eigenvalue weighted by Gasteiger charge is -2.19. The summed E-state index contributed by atoms with van der Waals surface area (Å²) in [7, 11) is 0. The van der Waals surface area contributed by atoms with Crippen molar-refractivity contribution in [3.8, 4) is 5.75 Å². The minimum Gasteiger partial charge on any atom is -0.642 e. The van der Waals surface area contributed by atoms with Crippen LogP contribution >= 0.6 is 0 Å². The van der Waals surface area contributed by atoms with Gasteiger partial charge in [-0.3, -0.25) is 0 Å². The van der Waals surface area contributed by atoms with Crippen molar-refractivity contribution in [1.82, 2.24) is 0 Å². The van der Waals surface area contributed by atoms with Crippen LogP contribution in [-0.2, 0) is 0 Å². The van der Waals surface area contributed by atoms with E-state index >= 15 is 0 Å². The monoisotopic (exact) mass is 248 g/mol. The van der Waals surface area contributed by atoms with Gasteiger partial charge in [0.05, 0.1) is 5.75 Å². The molecule has 0 aliphatic rings. The van der Waals surface area contributed by atoms with Crippen molar-refractivity contribution in [3.63, 3.8) is 0 Å². The number of rotatable bonds is 6. The maximum Gasteiger partial charge on any atom is 0.547 e. The van der Waals surface area contributed by atoms with E-state index in [0.717, 1.165) is 17.6 Å². The fourth-order valence-corrected chi connectivity index (χ4v) is 5.22. The Bertz CT molecular complexity index is 323. The van der Waals surface area contributed by atoms with Crippen LogP contribution in [0.15, 0.2) is 24.3 Å². The summed E-state index contributed by atoms with van der Waals surface area (Å²) in [6.45, 7) is 11.3. The van der Waals surface area contributed by atoms with Gasteiger partial charge < -0.3 is 3.79 Å². The smallest absolute Gasteiger partial charge is 0.547 e. The number of aryl methyl sites for hydroxylation is 1. The molecular weight excluding hydrogens is 223 g/mol. The molecule has 94 valence electrons. The van der Waals surface area contributed by atoms with Crippen molar-refractivity contribution in [2.75, 3.05) is 0 Å². The first-order valence-electron chi connectivity index (χ1n) is 6.71. The first kappa shape index (κ1) is 14.6. The number of benzene rings is 1. The average molecular weight is 248 g/mol. The van der Waals surface area contributed by atoms with Gasteiger partial charge >= 0.3 is 14.5 Å². The van der Waals surface area contributed by atoms with Crippen LogP contribution in [0.25, 0.3) is 0 Å². The molecule has 1 rings (SSSR count).